The Balaban J connectivity index is 2.20. The Morgan fingerprint density at radius 3 is 2.15 bits per heavy atom. The molecule has 6 heteroatoms. The van der Waals surface area contributed by atoms with Gasteiger partial charge in [0.1, 0.15) is 11.4 Å². The summed E-state index contributed by atoms with van der Waals surface area (Å²) >= 11 is 0. The molecule has 6 nitrogen and oxygen atoms in total. The largest absolute Gasteiger partial charge is 0.497 e. The maximum absolute atomic E-state index is 12.8. The number of carbonyl (C=O) groups is 2. The monoisotopic (exact) mass is 368 g/mol. The number of nitrogens with one attached hydrogen (secondary N) is 2. The number of amides is 2. The van der Waals surface area contributed by atoms with E-state index in [4.69, 9.17) is 9.47 Å². The summed E-state index contributed by atoms with van der Waals surface area (Å²) in [6.45, 7) is 5.31. The molecule has 0 heterocycles. The fraction of sp³-hybridized carbons (Fsp3) is 0.238. The SMILES string of the molecule is COc1ccc(NC(=O)/C(=C\NC(=O)OC(C)(C)C)c2ccccc2)cc1. The Bertz CT molecular complexity index is 806. The third kappa shape index (κ3) is 6.51. The van der Waals surface area contributed by atoms with E-state index in [2.05, 4.69) is 10.6 Å². The van der Waals surface area contributed by atoms with Crippen LogP contribution >= 0.6 is 0 Å². The molecule has 2 amide bonds. The Morgan fingerprint density at radius 2 is 1.59 bits per heavy atom. The van der Waals surface area contributed by atoms with Gasteiger partial charge in [0.2, 0.25) is 0 Å². The fourth-order valence-corrected chi connectivity index (χ4v) is 2.21. The van der Waals surface area contributed by atoms with Gasteiger partial charge in [-0.25, -0.2) is 4.79 Å². The number of rotatable bonds is 5. The van der Waals surface area contributed by atoms with E-state index in [0.29, 0.717) is 22.6 Å². The molecule has 0 saturated carbocycles. The summed E-state index contributed by atoms with van der Waals surface area (Å²) in [6.07, 6.45) is 0.718. The summed E-state index contributed by atoms with van der Waals surface area (Å²) < 4.78 is 10.3. The first-order valence-corrected chi connectivity index (χ1v) is 8.49. The van der Waals surface area contributed by atoms with E-state index in [0.717, 1.165) is 0 Å². The zero-order chi connectivity index (χ0) is 19.9. The third-order valence-electron chi connectivity index (χ3n) is 3.41. The van der Waals surface area contributed by atoms with Crippen LogP contribution in [0.4, 0.5) is 10.5 Å². The molecule has 0 unspecified atom stereocenters. The lowest BCUT2D eigenvalue weighted by Crippen LogP contribution is -2.30. The summed E-state index contributed by atoms with van der Waals surface area (Å²) in [5, 5.41) is 5.33. The Kier molecular flexibility index (Phi) is 6.60. The van der Waals surface area contributed by atoms with Crippen LogP contribution in [-0.2, 0) is 9.53 Å². The smallest absolute Gasteiger partial charge is 0.411 e. The molecule has 27 heavy (non-hydrogen) atoms. The number of hydrogen-bond acceptors (Lipinski definition) is 4. The van der Waals surface area contributed by atoms with Crippen LogP contribution in [0.2, 0.25) is 0 Å². The van der Waals surface area contributed by atoms with Crippen molar-refractivity contribution in [1.82, 2.24) is 5.32 Å². The van der Waals surface area contributed by atoms with Crippen molar-refractivity contribution in [3.05, 3.63) is 66.4 Å². The Hall–Kier alpha value is -3.28. The Labute approximate surface area is 159 Å². The summed E-state index contributed by atoms with van der Waals surface area (Å²) in [5.74, 6) is 0.334. The average Bonchev–Trinajstić information content (AvgIpc) is 2.62. The van der Waals surface area contributed by atoms with E-state index < -0.39 is 11.7 Å². The standard InChI is InChI=1S/C21H24N2O4/c1-21(2,3)27-20(25)22-14-18(15-8-6-5-7-9-15)19(24)23-16-10-12-17(26-4)13-11-16/h5-14H,1-4H3,(H,22,25)(H,23,24)/b18-14-. The van der Waals surface area contributed by atoms with Crippen molar-refractivity contribution in [2.45, 2.75) is 26.4 Å². The fourth-order valence-electron chi connectivity index (χ4n) is 2.21. The van der Waals surface area contributed by atoms with Crippen LogP contribution in [0.3, 0.4) is 0 Å². The van der Waals surface area contributed by atoms with Crippen molar-refractivity contribution in [3.8, 4) is 5.75 Å². The number of alkyl carbamates (subject to hydrolysis) is 1. The molecule has 0 aliphatic heterocycles. The molecule has 0 radical (unpaired) electrons. The molecular formula is C21H24N2O4. The summed E-state index contributed by atoms with van der Waals surface area (Å²) in [6, 6.07) is 16.0. The lowest BCUT2D eigenvalue weighted by Gasteiger charge is -2.19. The molecule has 0 aliphatic rings. The lowest BCUT2D eigenvalue weighted by atomic mass is 10.1. The van der Waals surface area contributed by atoms with E-state index >= 15 is 0 Å². The number of benzene rings is 2. The van der Waals surface area contributed by atoms with E-state index in [1.165, 1.54) is 6.20 Å². The van der Waals surface area contributed by atoms with E-state index in [1.807, 2.05) is 18.2 Å². The van der Waals surface area contributed by atoms with Crippen molar-refractivity contribution in [1.29, 1.82) is 0 Å². The van der Waals surface area contributed by atoms with Gasteiger partial charge in [0.05, 0.1) is 12.7 Å². The number of hydrogen-bond donors (Lipinski definition) is 2. The van der Waals surface area contributed by atoms with E-state index in [9.17, 15) is 9.59 Å². The number of carbonyl (C=O) groups excluding carboxylic acids is 2. The quantitative estimate of drug-likeness (QED) is 0.776. The van der Waals surface area contributed by atoms with Crippen LogP contribution in [0, 0.1) is 0 Å². The number of ether oxygens (including phenoxy) is 2. The summed E-state index contributed by atoms with van der Waals surface area (Å²) in [7, 11) is 1.58. The van der Waals surface area contributed by atoms with Gasteiger partial charge in [-0.2, -0.15) is 0 Å². The van der Waals surface area contributed by atoms with Gasteiger partial charge in [0.25, 0.3) is 5.91 Å². The molecule has 0 bridgehead atoms. The van der Waals surface area contributed by atoms with Gasteiger partial charge in [0, 0.05) is 11.9 Å². The van der Waals surface area contributed by atoms with Crippen molar-refractivity contribution in [3.63, 3.8) is 0 Å². The van der Waals surface area contributed by atoms with Crippen LogP contribution in [0.5, 0.6) is 5.75 Å². The molecular weight excluding hydrogens is 344 g/mol. The van der Waals surface area contributed by atoms with E-state index in [1.54, 1.807) is 64.3 Å². The van der Waals surface area contributed by atoms with Gasteiger partial charge in [-0.3, -0.25) is 10.1 Å². The van der Waals surface area contributed by atoms with Gasteiger partial charge in [-0.1, -0.05) is 30.3 Å². The highest BCUT2D eigenvalue weighted by atomic mass is 16.6. The number of anilines is 1. The minimum Gasteiger partial charge on any atom is -0.497 e. The first kappa shape index (κ1) is 20.0. The first-order chi connectivity index (χ1) is 12.8. The van der Waals surface area contributed by atoms with Crippen molar-refractivity contribution >= 4 is 23.3 Å². The second-order valence-corrected chi connectivity index (χ2v) is 6.75. The first-order valence-electron chi connectivity index (χ1n) is 8.49. The molecule has 2 aromatic carbocycles. The second kappa shape index (κ2) is 8.89. The summed E-state index contributed by atoms with van der Waals surface area (Å²) in [5.41, 5.74) is 0.952. The van der Waals surface area contributed by atoms with Gasteiger partial charge in [-0.05, 0) is 50.6 Å². The molecule has 142 valence electrons. The normalized spacial score (nSPS) is 11.5. The maximum Gasteiger partial charge on any atom is 0.411 e. The van der Waals surface area contributed by atoms with Crippen molar-refractivity contribution in [2.24, 2.45) is 0 Å². The third-order valence-corrected chi connectivity index (χ3v) is 3.41. The molecule has 0 aliphatic carbocycles. The minimum absolute atomic E-state index is 0.303. The van der Waals surface area contributed by atoms with Crippen molar-refractivity contribution in [2.75, 3.05) is 12.4 Å². The van der Waals surface area contributed by atoms with Gasteiger partial charge in [0.15, 0.2) is 0 Å². The minimum atomic E-state index is -0.631. The lowest BCUT2D eigenvalue weighted by molar-refractivity contribution is -0.111. The predicted molar refractivity (Wildman–Crippen MR) is 105 cm³/mol. The molecule has 2 N–H and O–H groups in total. The topological polar surface area (TPSA) is 76.7 Å². The van der Waals surface area contributed by atoms with Gasteiger partial charge >= 0.3 is 6.09 Å². The molecule has 0 aromatic heterocycles. The van der Waals surface area contributed by atoms with Crippen LogP contribution in [0.25, 0.3) is 5.57 Å². The maximum atomic E-state index is 12.8. The van der Waals surface area contributed by atoms with Crippen LogP contribution in [0.15, 0.2) is 60.8 Å². The van der Waals surface area contributed by atoms with E-state index in [-0.39, 0.29) is 5.91 Å². The van der Waals surface area contributed by atoms with Gasteiger partial charge < -0.3 is 14.8 Å². The van der Waals surface area contributed by atoms with Crippen LogP contribution in [0.1, 0.15) is 26.3 Å². The second-order valence-electron chi connectivity index (χ2n) is 6.75. The zero-order valence-corrected chi connectivity index (χ0v) is 15.9. The highest BCUT2D eigenvalue weighted by Crippen LogP contribution is 2.19. The molecule has 0 saturated heterocycles. The molecule has 0 atom stereocenters. The zero-order valence-electron chi connectivity index (χ0n) is 15.9. The molecule has 0 spiro atoms. The highest BCUT2D eigenvalue weighted by molar-refractivity contribution is 6.25. The molecule has 0 fully saturated rings. The van der Waals surface area contributed by atoms with Crippen LogP contribution in [-0.4, -0.2) is 24.7 Å². The predicted octanol–water partition coefficient (Wildman–Crippen LogP) is 4.20. The number of methoxy groups -OCH3 is 1. The Morgan fingerprint density at radius 1 is 0.963 bits per heavy atom. The highest BCUT2D eigenvalue weighted by Gasteiger charge is 2.17. The van der Waals surface area contributed by atoms with Crippen molar-refractivity contribution < 1.29 is 19.1 Å². The van der Waals surface area contributed by atoms with Gasteiger partial charge in [-0.15, -0.1) is 0 Å². The summed E-state index contributed by atoms with van der Waals surface area (Å²) in [4.78, 5) is 24.7. The molecule has 2 aromatic rings. The molecule has 2 rings (SSSR count). The van der Waals surface area contributed by atoms with Crippen LogP contribution < -0.4 is 15.4 Å². The average molecular weight is 368 g/mol.